The molecule has 0 spiro atoms. The Morgan fingerprint density at radius 3 is 2.61 bits per heavy atom. The number of thiophene rings is 1. The first-order valence-corrected chi connectivity index (χ1v) is 9.22. The summed E-state index contributed by atoms with van der Waals surface area (Å²) in [5, 5.41) is 8.11. The zero-order valence-corrected chi connectivity index (χ0v) is 14.6. The van der Waals surface area contributed by atoms with Gasteiger partial charge in [-0.25, -0.2) is 8.42 Å². The number of hydrogen-bond acceptors (Lipinski definition) is 6. The number of halogens is 1. The fraction of sp³-hybridized carbons (Fsp3) is 0.143. The molecule has 0 atom stereocenters. The van der Waals surface area contributed by atoms with E-state index in [1.54, 1.807) is 31.2 Å². The number of rotatable bonds is 4. The highest BCUT2D eigenvalue weighted by atomic mass is 35.5. The van der Waals surface area contributed by atoms with Gasteiger partial charge in [0.2, 0.25) is 5.89 Å². The molecular formula is C14H12ClN3O3S2. The molecule has 0 aliphatic carbocycles. The van der Waals surface area contributed by atoms with Gasteiger partial charge in [-0.3, -0.25) is 4.72 Å². The topological polar surface area (TPSA) is 85.1 Å². The second-order valence-electron chi connectivity index (χ2n) is 4.81. The van der Waals surface area contributed by atoms with E-state index >= 15 is 0 Å². The van der Waals surface area contributed by atoms with Crippen molar-refractivity contribution in [2.24, 2.45) is 0 Å². The Bertz CT molecular complexity index is 963. The Morgan fingerprint density at radius 1 is 1.17 bits per heavy atom. The van der Waals surface area contributed by atoms with E-state index in [1.165, 1.54) is 6.07 Å². The largest absolute Gasteiger partial charge is 0.420 e. The molecule has 0 aliphatic heterocycles. The summed E-state index contributed by atoms with van der Waals surface area (Å²) < 4.78 is 32.8. The first kappa shape index (κ1) is 16.0. The van der Waals surface area contributed by atoms with Gasteiger partial charge in [0.15, 0.2) is 0 Å². The average molecular weight is 370 g/mol. The fourth-order valence-electron chi connectivity index (χ4n) is 1.84. The number of aromatic nitrogens is 2. The van der Waals surface area contributed by atoms with Crippen molar-refractivity contribution in [1.29, 1.82) is 0 Å². The van der Waals surface area contributed by atoms with Crippen molar-refractivity contribution >= 4 is 38.6 Å². The van der Waals surface area contributed by atoms with Crippen LogP contribution in [0.2, 0.25) is 5.02 Å². The maximum Gasteiger partial charge on any atom is 0.271 e. The summed E-state index contributed by atoms with van der Waals surface area (Å²) in [6, 6.07) is 8.12. The van der Waals surface area contributed by atoms with E-state index in [2.05, 4.69) is 14.9 Å². The maximum absolute atomic E-state index is 12.4. The number of sulfonamides is 1. The van der Waals surface area contributed by atoms with E-state index in [0.29, 0.717) is 27.4 Å². The van der Waals surface area contributed by atoms with Crippen LogP contribution in [0.1, 0.15) is 11.5 Å². The predicted molar refractivity (Wildman–Crippen MR) is 89.3 cm³/mol. The molecule has 9 heteroatoms. The van der Waals surface area contributed by atoms with Crippen LogP contribution in [0.4, 0.5) is 5.69 Å². The van der Waals surface area contributed by atoms with Gasteiger partial charge >= 0.3 is 0 Å². The minimum atomic E-state index is -3.70. The zero-order chi connectivity index (χ0) is 16.6. The van der Waals surface area contributed by atoms with Crippen LogP contribution in [0.5, 0.6) is 0 Å². The standard InChI is InChI=1S/C14H12ClN3O3S2/c1-8-3-4-10(7-11(8)15)18-23(19,20)13-6-5-12(22-13)14-17-16-9(2)21-14/h3-7,18H,1-2H3. The quantitative estimate of drug-likeness (QED) is 0.754. The molecule has 1 aromatic carbocycles. The Kier molecular flexibility index (Phi) is 4.13. The van der Waals surface area contributed by atoms with Crippen molar-refractivity contribution in [2.45, 2.75) is 18.1 Å². The van der Waals surface area contributed by atoms with Crippen LogP contribution >= 0.6 is 22.9 Å². The Labute approximate surface area is 142 Å². The Morgan fingerprint density at radius 2 is 1.96 bits per heavy atom. The molecule has 3 aromatic rings. The number of nitrogens with one attached hydrogen (secondary N) is 1. The molecule has 0 unspecified atom stereocenters. The van der Waals surface area contributed by atoms with Gasteiger partial charge in [-0.15, -0.1) is 21.5 Å². The normalized spacial score (nSPS) is 11.6. The van der Waals surface area contributed by atoms with Crippen molar-refractivity contribution < 1.29 is 12.8 Å². The van der Waals surface area contributed by atoms with Gasteiger partial charge in [-0.1, -0.05) is 17.7 Å². The minimum absolute atomic E-state index is 0.153. The second kappa shape index (κ2) is 5.95. The third kappa shape index (κ3) is 3.39. The molecule has 6 nitrogen and oxygen atoms in total. The van der Waals surface area contributed by atoms with Crippen LogP contribution in [0.3, 0.4) is 0 Å². The number of hydrogen-bond donors (Lipinski definition) is 1. The van der Waals surface area contributed by atoms with Gasteiger partial charge in [0, 0.05) is 11.9 Å². The first-order valence-electron chi connectivity index (χ1n) is 6.54. The SMILES string of the molecule is Cc1nnc(-c2ccc(S(=O)(=O)Nc3ccc(C)c(Cl)c3)s2)o1. The summed E-state index contributed by atoms with van der Waals surface area (Å²) in [7, 11) is -3.70. The van der Waals surface area contributed by atoms with Crippen molar-refractivity contribution in [3.8, 4) is 10.8 Å². The summed E-state index contributed by atoms with van der Waals surface area (Å²) in [6.07, 6.45) is 0. The molecule has 0 bridgehead atoms. The molecule has 0 aliphatic rings. The van der Waals surface area contributed by atoms with E-state index < -0.39 is 10.0 Å². The minimum Gasteiger partial charge on any atom is -0.420 e. The van der Waals surface area contributed by atoms with E-state index in [1.807, 2.05) is 6.92 Å². The van der Waals surface area contributed by atoms with Gasteiger partial charge in [0.1, 0.15) is 4.21 Å². The van der Waals surface area contributed by atoms with Crippen LogP contribution in [-0.2, 0) is 10.0 Å². The highest BCUT2D eigenvalue weighted by Crippen LogP contribution is 2.31. The molecule has 3 rings (SSSR count). The fourth-order valence-corrected chi connectivity index (χ4v) is 4.29. The summed E-state index contributed by atoms with van der Waals surface area (Å²) in [6.45, 7) is 3.52. The molecule has 2 aromatic heterocycles. The highest BCUT2D eigenvalue weighted by Gasteiger charge is 2.19. The lowest BCUT2D eigenvalue weighted by atomic mass is 10.2. The Hall–Kier alpha value is -1.90. The molecule has 2 heterocycles. The molecule has 0 fully saturated rings. The third-order valence-corrected chi connectivity index (χ3v) is 6.36. The van der Waals surface area contributed by atoms with E-state index in [-0.39, 0.29) is 4.21 Å². The summed E-state index contributed by atoms with van der Waals surface area (Å²) >= 11 is 7.07. The predicted octanol–water partition coefficient (Wildman–Crippen LogP) is 3.87. The molecule has 0 amide bonds. The lowest BCUT2D eigenvalue weighted by Gasteiger charge is -2.07. The number of nitrogens with zero attached hydrogens (tertiary/aromatic N) is 2. The van der Waals surface area contributed by atoms with E-state index in [4.69, 9.17) is 16.0 Å². The van der Waals surface area contributed by atoms with Crippen molar-refractivity contribution in [3.63, 3.8) is 0 Å². The number of benzene rings is 1. The van der Waals surface area contributed by atoms with Gasteiger partial charge in [0.25, 0.3) is 15.9 Å². The summed E-state index contributed by atoms with van der Waals surface area (Å²) in [4.78, 5) is 0.591. The zero-order valence-electron chi connectivity index (χ0n) is 12.2. The van der Waals surface area contributed by atoms with Crippen LogP contribution in [-0.4, -0.2) is 18.6 Å². The van der Waals surface area contributed by atoms with Gasteiger partial charge in [-0.05, 0) is 36.8 Å². The van der Waals surface area contributed by atoms with Gasteiger partial charge in [-0.2, -0.15) is 0 Å². The maximum atomic E-state index is 12.4. The summed E-state index contributed by atoms with van der Waals surface area (Å²) in [5.74, 6) is 0.720. The Balaban J connectivity index is 1.88. The van der Waals surface area contributed by atoms with Crippen molar-refractivity contribution in [3.05, 3.63) is 46.8 Å². The highest BCUT2D eigenvalue weighted by molar-refractivity contribution is 7.94. The van der Waals surface area contributed by atoms with Crippen molar-refractivity contribution in [2.75, 3.05) is 4.72 Å². The number of anilines is 1. The van der Waals surface area contributed by atoms with Gasteiger partial charge < -0.3 is 4.42 Å². The van der Waals surface area contributed by atoms with Crippen LogP contribution in [0.25, 0.3) is 10.8 Å². The third-order valence-electron chi connectivity index (χ3n) is 3.01. The molecule has 0 radical (unpaired) electrons. The first-order chi connectivity index (χ1) is 10.8. The summed E-state index contributed by atoms with van der Waals surface area (Å²) in [5.41, 5.74) is 1.28. The van der Waals surface area contributed by atoms with Crippen LogP contribution < -0.4 is 4.72 Å². The van der Waals surface area contributed by atoms with E-state index in [9.17, 15) is 8.42 Å². The number of aryl methyl sites for hydroxylation is 2. The lowest BCUT2D eigenvalue weighted by Crippen LogP contribution is -2.11. The second-order valence-corrected chi connectivity index (χ2v) is 8.21. The average Bonchev–Trinajstić information content (AvgIpc) is 3.11. The van der Waals surface area contributed by atoms with E-state index in [0.717, 1.165) is 16.9 Å². The van der Waals surface area contributed by atoms with Crippen LogP contribution in [0.15, 0.2) is 39.0 Å². The smallest absolute Gasteiger partial charge is 0.271 e. The lowest BCUT2D eigenvalue weighted by molar-refractivity contribution is 0.534. The molecule has 1 N–H and O–H groups in total. The van der Waals surface area contributed by atoms with Crippen LogP contribution in [0, 0.1) is 13.8 Å². The van der Waals surface area contributed by atoms with Gasteiger partial charge in [0.05, 0.1) is 10.6 Å². The molecular weight excluding hydrogens is 358 g/mol. The molecule has 23 heavy (non-hydrogen) atoms. The molecule has 120 valence electrons. The van der Waals surface area contributed by atoms with Crippen molar-refractivity contribution in [1.82, 2.24) is 10.2 Å². The monoisotopic (exact) mass is 369 g/mol. The molecule has 0 saturated carbocycles. The molecule has 0 saturated heterocycles.